The van der Waals surface area contributed by atoms with Gasteiger partial charge in [-0.05, 0) is 37.5 Å². The second-order valence-electron chi connectivity index (χ2n) is 4.75. The minimum absolute atomic E-state index is 0.0120. The highest BCUT2D eigenvalue weighted by Crippen LogP contribution is 2.30. The average Bonchev–Trinajstić information content (AvgIpc) is 3.12. The van der Waals surface area contributed by atoms with Gasteiger partial charge < -0.3 is 9.84 Å². The molecule has 1 saturated carbocycles. The van der Waals surface area contributed by atoms with Crippen molar-refractivity contribution in [3.63, 3.8) is 0 Å². The first-order valence-electron chi connectivity index (χ1n) is 5.98. The normalized spacial score (nSPS) is 18.1. The molecular weight excluding hydrogens is 256 g/mol. The van der Waals surface area contributed by atoms with Crippen LogP contribution in [0.5, 0.6) is 5.75 Å². The van der Waals surface area contributed by atoms with E-state index in [1.807, 2.05) is 0 Å². The van der Waals surface area contributed by atoms with E-state index in [0.717, 1.165) is 12.8 Å². The number of carbonyl (C=O) groups is 1. The smallest absolute Gasteiger partial charge is 0.387 e. The van der Waals surface area contributed by atoms with Crippen molar-refractivity contribution >= 4 is 5.97 Å². The maximum Gasteiger partial charge on any atom is 0.387 e. The van der Waals surface area contributed by atoms with E-state index in [-0.39, 0.29) is 11.8 Å². The fourth-order valence-electron chi connectivity index (χ4n) is 1.87. The van der Waals surface area contributed by atoms with Crippen molar-refractivity contribution in [1.29, 1.82) is 0 Å². The van der Waals surface area contributed by atoms with Crippen molar-refractivity contribution < 1.29 is 23.4 Å². The summed E-state index contributed by atoms with van der Waals surface area (Å²) in [6, 6.07) is 5.87. The number of nitrogens with one attached hydrogen (secondary N) is 1. The quantitative estimate of drug-likeness (QED) is 0.833. The van der Waals surface area contributed by atoms with Crippen LogP contribution in [-0.2, 0) is 10.3 Å². The molecular formula is C13H15F2NO3. The monoisotopic (exact) mass is 271 g/mol. The number of benzene rings is 1. The van der Waals surface area contributed by atoms with Crippen LogP contribution in [0, 0.1) is 0 Å². The van der Waals surface area contributed by atoms with E-state index in [4.69, 9.17) is 0 Å². The average molecular weight is 271 g/mol. The number of hydrogen-bond acceptors (Lipinski definition) is 3. The van der Waals surface area contributed by atoms with Crippen LogP contribution in [0.3, 0.4) is 0 Å². The van der Waals surface area contributed by atoms with Gasteiger partial charge in [0, 0.05) is 6.04 Å². The minimum atomic E-state index is -2.89. The number of rotatable bonds is 6. The zero-order valence-corrected chi connectivity index (χ0v) is 10.4. The van der Waals surface area contributed by atoms with Crippen molar-refractivity contribution in [2.24, 2.45) is 0 Å². The van der Waals surface area contributed by atoms with Gasteiger partial charge in [0.1, 0.15) is 11.3 Å². The summed E-state index contributed by atoms with van der Waals surface area (Å²) in [5, 5.41) is 12.4. The van der Waals surface area contributed by atoms with Crippen LogP contribution in [0.15, 0.2) is 24.3 Å². The van der Waals surface area contributed by atoms with E-state index in [0.29, 0.717) is 5.56 Å². The fraction of sp³-hybridized carbons (Fsp3) is 0.462. The molecule has 1 atom stereocenters. The highest BCUT2D eigenvalue weighted by molar-refractivity contribution is 5.80. The molecule has 1 unspecified atom stereocenters. The fourth-order valence-corrected chi connectivity index (χ4v) is 1.87. The first-order chi connectivity index (χ1) is 8.91. The molecule has 1 aromatic carbocycles. The Kier molecular flexibility index (Phi) is 3.71. The Morgan fingerprint density at radius 1 is 1.42 bits per heavy atom. The van der Waals surface area contributed by atoms with Crippen molar-refractivity contribution in [3.05, 3.63) is 29.8 Å². The molecule has 0 spiro atoms. The number of hydrogen-bond donors (Lipinski definition) is 2. The molecule has 4 nitrogen and oxygen atoms in total. The highest BCUT2D eigenvalue weighted by atomic mass is 19.3. The molecule has 104 valence electrons. The number of aliphatic carboxylic acids is 1. The van der Waals surface area contributed by atoms with Gasteiger partial charge in [-0.1, -0.05) is 12.1 Å². The number of halogens is 2. The molecule has 1 aliphatic rings. The molecule has 2 rings (SSSR count). The van der Waals surface area contributed by atoms with Crippen molar-refractivity contribution in [3.8, 4) is 5.75 Å². The van der Waals surface area contributed by atoms with Gasteiger partial charge in [-0.3, -0.25) is 5.32 Å². The Morgan fingerprint density at radius 2 is 2.00 bits per heavy atom. The van der Waals surface area contributed by atoms with Crippen LogP contribution in [-0.4, -0.2) is 23.7 Å². The predicted molar refractivity (Wildman–Crippen MR) is 64.2 cm³/mol. The van der Waals surface area contributed by atoms with Gasteiger partial charge in [-0.25, -0.2) is 4.79 Å². The molecule has 19 heavy (non-hydrogen) atoms. The molecule has 0 amide bonds. The summed E-state index contributed by atoms with van der Waals surface area (Å²) >= 11 is 0. The van der Waals surface area contributed by atoms with Gasteiger partial charge in [0.15, 0.2) is 0 Å². The molecule has 1 fully saturated rings. The number of carboxylic acids is 1. The Balaban J connectivity index is 2.19. The predicted octanol–water partition coefficient (Wildman–Crippen LogP) is 2.34. The highest BCUT2D eigenvalue weighted by Gasteiger charge is 2.39. The molecule has 2 N–H and O–H groups in total. The standard InChI is InChI=1S/C13H15F2NO3/c1-13(11(17)18,16-9-4-5-9)8-2-6-10(7-3-8)19-12(14)15/h2-3,6-7,9,12,16H,4-5H2,1H3,(H,17,18). The summed E-state index contributed by atoms with van der Waals surface area (Å²) in [6.45, 7) is -1.32. The Labute approximate surface area is 109 Å². The third-order valence-corrected chi connectivity index (χ3v) is 3.15. The van der Waals surface area contributed by atoms with Gasteiger partial charge >= 0.3 is 12.6 Å². The molecule has 1 aliphatic carbocycles. The van der Waals surface area contributed by atoms with Crippen LogP contribution in [0.2, 0.25) is 0 Å². The largest absolute Gasteiger partial charge is 0.480 e. The van der Waals surface area contributed by atoms with Crippen LogP contribution < -0.4 is 10.1 Å². The van der Waals surface area contributed by atoms with Crippen molar-refractivity contribution in [2.75, 3.05) is 0 Å². The molecule has 0 aliphatic heterocycles. The van der Waals surface area contributed by atoms with E-state index < -0.39 is 18.1 Å². The Bertz CT molecular complexity index is 459. The summed E-state index contributed by atoms with van der Waals surface area (Å²) in [5.74, 6) is -0.986. The number of alkyl halides is 2. The summed E-state index contributed by atoms with van der Waals surface area (Å²) in [6.07, 6.45) is 1.91. The van der Waals surface area contributed by atoms with Crippen LogP contribution in [0.25, 0.3) is 0 Å². The second-order valence-corrected chi connectivity index (χ2v) is 4.75. The van der Waals surface area contributed by atoms with E-state index in [2.05, 4.69) is 10.1 Å². The molecule has 0 saturated heterocycles. The Morgan fingerprint density at radius 3 is 2.42 bits per heavy atom. The molecule has 0 bridgehead atoms. The van der Waals surface area contributed by atoms with Gasteiger partial charge in [0.05, 0.1) is 0 Å². The van der Waals surface area contributed by atoms with Crippen molar-refractivity contribution in [1.82, 2.24) is 5.32 Å². The summed E-state index contributed by atoms with van der Waals surface area (Å²) in [7, 11) is 0. The molecule has 1 aromatic rings. The summed E-state index contributed by atoms with van der Waals surface area (Å²) < 4.78 is 28.3. The lowest BCUT2D eigenvalue weighted by atomic mass is 9.92. The van der Waals surface area contributed by atoms with Crippen LogP contribution >= 0.6 is 0 Å². The van der Waals surface area contributed by atoms with E-state index in [1.165, 1.54) is 24.3 Å². The van der Waals surface area contributed by atoms with Gasteiger partial charge in [-0.15, -0.1) is 0 Å². The SMILES string of the molecule is CC(NC1CC1)(C(=O)O)c1ccc(OC(F)F)cc1. The number of ether oxygens (including phenoxy) is 1. The lowest BCUT2D eigenvalue weighted by molar-refractivity contribution is -0.144. The van der Waals surface area contributed by atoms with Gasteiger partial charge in [0.25, 0.3) is 0 Å². The van der Waals surface area contributed by atoms with Gasteiger partial charge in [0.2, 0.25) is 0 Å². The first-order valence-corrected chi connectivity index (χ1v) is 5.98. The van der Waals surface area contributed by atoms with Crippen LogP contribution in [0.4, 0.5) is 8.78 Å². The number of carboxylic acid groups (broad SMARTS) is 1. The summed E-state index contributed by atoms with van der Waals surface area (Å²) in [5.41, 5.74) is -0.710. The maximum atomic E-state index is 12.0. The maximum absolute atomic E-state index is 12.0. The molecule has 0 heterocycles. The molecule has 0 aromatic heterocycles. The van der Waals surface area contributed by atoms with Crippen molar-refractivity contribution in [2.45, 2.75) is 38.0 Å². The van der Waals surface area contributed by atoms with Gasteiger partial charge in [-0.2, -0.15) is 8.78 Å². The lowest BCUT2D eigenvalue weighted by Gasteiger charge is -2.27. The first kappa shape index (κ1) is 13.7. The minimum Gasteiger partial charge on any atom is -0.480 e. The van der Waals surface area contributed by atoms with E-state index in [9.17, 15) is 18.7 Å². The van der Waals surface area contributed by atoms with Crippen LogP contribution in [0.1, 0.15) is 25.3 Å². The lowest BCUT2D eigenvalue weighted by Crippen LogP contribution is -2.47. The molecule has 6 heteroatoms. The second kappa shape index (κ2) is 5.13. The molecule has 0 radical (unpaired) electrons. The zero-order valence-electron chi connectivity index (χ0n) is 10.4. The van der Waals surface area contributed by atoms with E-state index >= 15 is 0 Å². The van der Waals surface area contributed by atoms with E-state index in [1.54, 1.807) is 6.92 Å². The third kappa shape index (κ3) is 3.20. The topological polar surface area (TPSA) is 58.6 Å². The summed E-state index contributed by atoms with van der Waals surface area (Å²) in [4.78, 5) is 11.4. The zero-order chi connectivity index (χ0) is 14.0. The Hall–Kier alpha value is -1.69. The third-order valence-electron chi connectivity index (χ3n) is 3.15.